The van der Waals surface area contributed by atoms with Crippen molar-refractivity contribution in [3.8, 4) is 0 Å². The van der Waals surface area contributed by atoms with E-state index in [0.29, 0.717) is 5.56 Å². The van der Waals surface area contributed by atoms with Crippen molar-refractivity contribution in [1.29, 1.82) is 0 Å². The predicted molar refractivity (Wildman–Crippen MR) is 67.5 cm³/mol. The zero-order valence-electron chi connectivity index (χ0n) is 9.63. The summed E-state index contributed by atoms with van der Waals surface area (Å²) in [5.41, 5.74) is 2.93. The zero-order chi connectivity index (χ0) is 12.5. The summed E-state index contributed by atoms with van der Waals surface area (Å²) in [6.07, 6.45) is 4.65. The van der Waals surface area contributed by atoms with Crippen molar-refractivity contribution in [3.63, 3.8) is 0 Å². The van der Waals surface area contributed by atoms with Crippen LogP contribution in [-0.4, -0.2) is 21.3 Å². The Kier molecular flexibility index (Phi) is 2.48. The molecule has 1 aliphatic carbocycles. The van der Waals surface area contributed by atoms with Gasteiger partial charge >= 0.3 is 5.97 Å². The minimum Gasteiger partial charge on any atom is -0.476 e. The maximum atomic E-state index is 11.0. The van der Waals surface area contributed by atoms with Gasteiger partial charge in [-0.3, -0.25) is 5.10 Å². The number of nitrogens with zero attached hydrogens (tertiary/aromatic N) is 1. The van der Waals surface area contributed by atoms with E-state index in [1.807, 2.05) is 30.4 Å². The molecule has 3 rings (SSSR count). The molecule has 4 heteroatoms. The summed E-state index contributed by atoms with van der Waals surface area (Å²) in [4.78, 5) is 11.0. The first-order valence-electron chi connectivity index (χ1n) is 5.79. The number of hydrogen-bond acceptors (Lipinski definition) is 2. The SMILES string of the molecule is O=C(O)c1n[nH]c2c1C=CC(c1ccccc1)C2. The van der Waals surface area contributed by atoms with E-state index in [2.05, 4.69) is 22.3 Å². The van der Waals surface area contributed by atoms with Crippen LogP contribution in [0.25, 0.3) is 6.08 Å². The number of benzene rings is 1. The number of allylic oxidation sites excluding steroid dienone is 1. The molecule has 0 saturated carbocycles. The number of fused-ring (bicyclic) bond motifs is 1. The molecule has 1 atom stereocenters. The maximum Gasteiger partial charge on any atom is 0.357 e. The average molecular weight is 240 g/mol. The van der Waals surface area contributed by atoms with Crippen molar-refractivity contribution in [2.24, 2.45) is 0 Å². The number of carboxylic acids is 1. The van der Waals surface area contributed by atoms with Gasteiger partial charge in [0.05, 0.1) is 0 Å². The summed E-state index contributed by atoms with van der Waals surface area (Å²) in [6.45, 7) is 0. The van der Waals surface area contributed by atoms with Crippen LogP contribution in [0.5, 0.6) is 0 Å². The van der Waals surface area contributed by atoms with E-state index in [4.69, 9.17) is 5.11 Å². The summed E-state index contributed by atoms with van der Waals surface area (Å²) in [5.74, 6) is -0.712. The molecule has 0 radical (unpaired) electrons. The average Bonchev–Trinajstić information content (AvgIpc) is 2.82. The first kappa shape index (κ1) is 10.8. The van der Waals surface area contributed by atoms with Gasteiger partial charge in [0.2, 0.25) is 0 Å². The summed E-state index contributed by atoms with van der Waals surface area (Å²) >= 11 is 0. The topological polar surface area (TPSA) is 66.0 Å². The van der Waals surface area contributed by atoms with Crippen molar-refractivity contribution in [3.05, 3.63) is 58.9 Å². The molecule has 0 bridgehead atoms. The van der Waals surface area contributed by atoms with Crippen LogP contribution in [0, 0.1) is 0 Å². The molecule has 1 heterocycles. The fraction of sp³-hybridized carbons (Fsp3) is 0.143. The Morgan fingerprint density at radius 2 is 2.11 bits per heavy atom. The quantitative estimate of drug-likeness (QED) is 0.847. The molecule has 0 aliphatic heterocycles. The van der Waals surface area contributed by atoms with E-state index >= 15 is 0 Å². The molecule has 1 aromatic carbocycles. The summed E-state index contributed by atoms with van der Waals surface area (Å²) in [5, 5.41) is 15.7. The fourth-order valence-corrected chi connectivity index (χ4v) is 2.31. The lowest BCUT2D eigenvalue weighted by Gasteiger charge is -2.16. The molecule has 0 spiro atoms. The first-order valence-corrected chi connectivity index (χ1v) is 5.79. The van der Waals surface area contributed by atoms with Crippen LogP contribution in [0.4, 0.5) is 0 Å². The van der Waals surface area contributed by atoms with Gasteiger partial charge < -0.3 is 5.11 Å². The normalized spacial score (nSPS) is 17.4. The maximum absolute atomic E-state index is 11.0. The highest BCUT2D eigenvalue weighted by Crippen LogP contribution is 2.30. The van der Waals surface area contributed by atoms with E-state index in [9.17, 15) is 4.79 Å². The summed E-state index contributed by atoms with van der Waals surface area (Å²) in [6, 6.07) is 10.2. The molecular formula is C14H12N2O2. The Morgan fingerprint density at radius 3 is 2.83 bits per heavy atom. The van der Waals surface area contributed by atoms with Gasteiger partial charge in [-0.15, -0.1) is 0 Å². The van der Waals surface area contributed by atoms with Crippen molar-refractivity contribution in [1.82, 2.24) is 10.2 Å². The van der Waals surface area contributed by atoms with Crippen molar-refractivity contribution < 1.29 is 9.90 Å². The van der Waals surface area contributed by atoms with E-state index in [-0.39, 0.29) is 11.6 Å². The Bertz CT molecular complexity index is 614. The Balaban J connectivity index is 1.94. The Hall–Kier alpha value is -2.36. The molecular weight excluding hydrogens is 228 g/mol. The number of aromatic nitrogens is 2. The highest BCUT2D eigenvalue weighted by atomic mass is 16.4. The molecule has 90 valence electrons. The molecule has 0 saturated heterocycles. The second-order valence-electron chi connectivity index (χ2n) is 4.35. The molecule has 1 aromatic heterocycles. The monoisotopic (exact) mass is 240 g/mol. The second kappa shape index (κ2) is 4.14. The van der Waals surface area contributed by atoms with Crippen LogP contribution in [0.3, 0.4) is 0 Å². The molecule has 1 aliphatic rings. The predicted octanol–water partition coefficient (Wildman–Crippen LogP) is 2.46. The summed E-state index contributed by atoms with van der Waals surface area (Å²) in [7, 11) is 0. The molecule has 0 fully saturated rings. The van der Waals surface area contributed by atoms with Gasteiger partial charge in [-0.05, 0) is 5.56 Å². The van der Waals surface area contributed by atoms with Crippen molar-refractivity contribution in [2.75, 3.05) is 0 Å². The Labute approximate surface area is 104 Å². The number of aromatic amines is 1. The fourth-order valence-electron chi connectivity index (χ4n) is 2.31. The van der Waals surface area contributed by atoms with Gasteiger partial charge in [0.15, 0.2) is 5.69 Å². The molecule has 2 aromatic rings. The highest BCUT2D eigenvalue weighted by Gasteiger charge is 2.22. The van der Waals surface area contributed by atoms with Crippen LogP contribution in [-0.2, 0) is 6.42 Å². The highest BCUT2D eigenvalue weighted by molar-refractivity contribution is 5.90. The van der Waals surface area contributed by atoms with Gasteiger partial charge in [-0.25, -0.2) is 4.79 Å². The summed E-state index contributed by atoms with van der Waals surface area (Å²) < 4.78 is 0. The lowest BCUT2D eigenvalue weighted by Crippen LogP contribution is -2.07. The van der Waals surface area contributed by atoms with E-state index in [1.165, 1.54) is 5.56 Å². The van der Waals surface area contributed by atoms with Crippen LogP contribution in [0.2, 0.25) is 0 Å². The lowest BCUT2D eigenvalue weighted by molar-refractivity contribution is 0.0690. The molecule has 0 amide bonds. The van der Waals surface area contributed by atoms with Gasteiger partial charge in [-0.1, -0.05) is 42.5 Å². The third-order valence-electron chi connectivity index (χ3n) is 3.23. The minimum absolute atomic E-state index is 0.104. The third-order valence-corrected chi connectivity index (χ3v) is 3.23. The van der Waals surface area contributed by atoms with Gasteiger partial charge in [-0.2, -0.15) is 5.10 Å². The van der Waals surface area contributed by atoms with Crippen molar-refractivity contribution in [2.45, 2.75) is 12.3 Å². The largest absolute Gasteiger partial charge is 0.476 e. The molecule has 1 unspecified atom stereocenters. The van der Waals surface area contributed by atoms with E-state index in [0.717, 1.165) is 12.1 Å². The molecule has 4 nitrogen and oxygen atoms in total. The number of nitrogens with one attached hydrogen (secondary N) is 1. The number of carboxylic acid groups (broad SMARTS) is 1. The van der Waals surface area contributed by atoms with Gasteiger partial charge in [0, 0.05) is 23.6 Å². The Morgan fingerprint density at radius 1 is 1.33 bits per heavy atom. The third kappa shape index (κ3) is 1.72. The second-order valence-corrected chi connectivity index (χ2v) is 4.35. The van der Waals surface area contributed by atoms with E-state index in [1.54, 1.807) is 0 Å². The number of rotatable bonds is 2. The van der Waals surface area contributed by atoms with Crippen LogP contribution in [0.1, 0.15) is 33.2 Å². The number of H-pyrrole nitrogens is 1. The van der Waals surface area contributed by atoms with E-state index < -0.39 is 5.97 Å². The number of carbonyl (C=O) groups is 1. The van der Waals surface area contributed by atoms with Gasteiger partial charge in [0.25, 0.3) is 0 Å². The molecule has 18 heavy (non-hydrogen) atoms. The van der Waals surface area contributed by atoms with Crippen LogP contribution < -0.4 is 0 Å². The standard InChI is InChI=1S/C14H12N2O2/c17-14(18)13-11-7-6-10(8-12(11)15-16-13)9-4-2-1-3-5-9/h1-7,10H,8H2,(H,15,16)(H,17,18). The van der Waals surface area contributed by atoms with Crippen molar-refractivity contribution >= 4 is 12.0 Å². The smallest absolute Gasteiger partial charge is 0.357 e. The molecule has 2 N–H and O–H groups in total. The number of hydrogen-bond donors (Lipinski definition) is 2. The number of aromatic carboxylic acids is 1. The lowest BCUT2D eigenvalue weighted by atomic mass is 9.88. The zero-order valence-corrected chi connectivity index (χ0v) is 9.63. The van der Waals surface area contributed by atoms with Gasteiger partial charge in [0.1, 0.15) is 0 Å². The van der Waals surface area contributed by atoms with Crippen LogP contribution in [0.15, 0.2) is 36.4 Å². The van der Waals surface area contributed by atoms with Crippen LogP contribution >= 0.6 is 0 Å². The minimum atomic E-state index is -0.990. The first-order chi connectivity index (χ1) is 8.75.